The van der Waals surface area contributed by atoms with Gasteiger partial charge in [0.15, 0.2) is 0 Å². The normalized spacial score (nSPS) is 22.1. The van der Waals surface area contributed by atoms with Crippen molar-refractivity contribution in [3.8, 4) is 0 Å². The van der Waals surface area contributed by atoms with Crippen LogP contribution in [0.1, 0.15) is 81.8 Å². The molecule has 14 heteroatoms. The van der Waals surface area contributed by atoms with Gasteiger partial charge in [-0.1, -0.05) is 30.3 Å². The molecule has 0 radical (unpaired) electrons. The van der Waals surface area contributed by atoms with Crippen LogP contribution in [0.5, 0.6) is 0 Å². The average molecular weight is 768 g/mol. The number of aromatic nitrogens is 2. The zero-order valence-corrected chi connectivity index (χ0v) is 31.4. The first-order valence-electron chi connectivity index (χ1n) is 18.5. The molecule has 3 fully saturated rings. The van der Waals surface area contributed by atoms with E-state index in [1.54, 1.807) is 12.1 Å². The van der Waals surface area contributed by atoms with Crippen LogP contribution in [0.4, 0.5) is 17.6 Å². The van der Waals surface area contributed by atoms with Crippen molar-refractivity contribution in [3.63, 3.8) is 0 Å². The summed E-state index contributed by atoms with van der Waals surface area (Å²) in [5.41, 5.74) is -0.435. The minimum Gasteiger partial charge on any atom is -0.342 e. The number of hydrogen-bond acceptors (Lipinski definition) is 6. The van der Waals surface area contributed by atoms with Crippen LogP contribution in [0.15, 0.2) is 77.7 Å². The third-order valence-electron chi connectivity index (χ3n) is 12.1. The lowest BCUT2D eigenvalue weighted by Crippen LogP contribution is -2.54. The predicted octanol–water partition coefficient (Wildman–Crippen LogP) is 7.15. The zero-order valence-electron chi connectivity index (χ0n) is 30.6. The van der Waals surface area contributed by atoms with Gasteiger partial charge in [0.25, 0.3) is 10.0 Å². The number of carbonyl (C=O) groups excluding carboxylic acids is 2. The van der Waals surface area contributed by atoms with E-state index in [0.717, 1.165) is 79.3 Å². The average Bonchev–Trinajstić information content (AvgIpc) is 3.60. The number of amides is 2. The summed E-state index contributed by atoms with van der Waals surface area (Å²) in [6.45, 7) is 6.01. The molecule has 1 N–H and O–H groups in total. The van der Waals surface area contributed by atoms with Crippen LogP contribution in [0.25, 0.3) is 11.0 Å². The minimum atomic E-state index is -4.79. The third-order valence-corrected chi connectivity index (χ3v) is 13.4. The lowest BCUT2D eigenvalue weighted by atomic mass is 9.70. The Bertz CT molecular complexity index is 2160. The highest BCUT2D eigenvalue weighted by molar-refractivity contribution is 7.90. The Labute approximate surface area is 312 Å². The molecular weight excluding hydrogens is 723 g/mol. The second kappa shape index (κ2) is 14.1. The zero-order chi connectivity index (χ0) is 38.6. The van der Waals surface area contributed by atoms with Crippen molar-refractivity contribution in [1.29, 1.82) is 0 Å². The number of sulfonamides is 1. The number of rotatable bonds is 9. The van der Waals surface area contributed by atoms with Gasteiger partial charge in [0.05, 0.1) is 21.5 Å². The van der Waals surface area contributed by atoms with E-state index in [1.807, 2.05) is 16.9 Å². The molecule has 0 saturated carbocycles. The molecule has 2 amide bonds. The van der Waals surface area contributed by atoms with Gasteiger partial charge in [0, 0.05) is 31.2 Å². The van der Waals surface area contributed by atoms with Gasteiger partial charge in [0.1, 0.15) is 17.1 Å². The molecule has 2 bridgehead atoms. The van der Waals surface area contributed by atoms with Gasteiger partial charge in [-0.2, -0.15) is 13.2 Å². The van der Waals surface area contributed by atoms with Gasteiger partial charge in [-0.25, -0.2) is 22.5 Å². The monoisotopic (exact) mass is 767 g/mol. The fraction of sp³-hybridized carbons (Fsp3) is 0.475. The van der Waals surface area contributed by atoms with Crippen molar-refractivity contribution in [1.82, 2.24) is 24.1 Å². The van der Waals surface area contributed by atoms with Crippen LogP contribution in [-0.4, -0.2) is 71.3 Å². The number of nitrogens with one attached hydrogen (secondary N) is 1. The van der Waals surface area contributed by atoms with Crippen LogP contribution in [-0.2, 0) is 31.2 Å². The quantitative estimate of drug-likeness (QED) is 0.143. The summed E-state index contributed by atoms with van der Waals surface area (Å²) in [7, 11) is -4.71. The van der Waals surface area contributed by atoms with Gasteiger partial charge in [-0.3, -0.25) is 14.5 Å². The predicted molar refractivity (Wildman–Crippen MR) is 195 cm³/mol. The number of piperidine rings is 2. The van der Waals surface area contributed by atoms with E-state index in [2.05, 4.69) is 34.6 Å². The lowest BCUT2D eigenvalue weighted by Gasteiger charge is -2.46. The maximum absolute atomic E-state index is 14.7. The number of nitrogens with zero attached hydrogens (tertiary/aromatic N) is 4. The van der Waals surface area contributed by atoms with Crippen molar-refractivity contribution in [2.45, 2.75) is 100 Å². The smallest absolute Gasteiger partial charge is 0.342 e. The first-order chi connectivity index (χ1) is 25.5. The highest BCUT2D eigenvalue weighted by Crippen LogP contribution is 2.45. The molecule has 3 atom stereocenters. The SMILES string of the molecule is Cc1nc2ccccc2n1[C@H]1C[C@H]2CC[C@@H](C1)N2CCC1(c2cccc(F)c2)CCN(C(=O)C(C)(C)C(=O)NS(=O)(=O)c2cccc(C(F)(F)F)c2)CC1. The van der Waals surface area contributed by atoms with E-state index in [-0.39, 0.29) is 18.9 Å². The van der Waals surface area contributed by atoms with Crippen LogP contribution < -0.4 is 4.72 Å². The number of carbonyl (C=O) groups is 2. The van der Waals surface area contributed by atoms with Gasteiger partial charge in [0.2, 0.25) is 11.8 Å². The van der Waals surface area contributed by atoms with Crippen molar-refractivity contribution in [2.75, 3.05) is 19.6 Å². The highest BCUT2D eigenvalue weighted by atomic mass is 32.2. The van der Waals surface area contributed by atoms with E-state index in [0.29, 0.717) is 37.0 Å². The summed E-state index contributed by atoms with van der Waals surface area (Å²) >= 11 is 0. The summed E-state index contributed by atoms with van der Waals surface area (Å²) in [5.74, 6) is -1.06. The van der Waals surface area contributed by atoms with Gasteiger partial charge >= 0.3 is 6.18 Å². The molecular formula is C40H45F4N5O4S. The molecule has 3 aromatic carbocycles. The molecule has 0 spiro atoms. The molecule has 4 aromatic rings. The van der Waals surface area contributed by atoms with Crippen LogP contribution >= 0.6 is 0 Å². The molecule has 54 heavy (non-hydrogen) atoms. The summed E-state index contributed by atoms with van der Waals surface area (Å²) in [5, 5.41) is 0. The van der Waals surface area contributed by atoms with E-state index < -0.39 is 49.3 Å². The first kappa shape index (κ1) is 38.0. The lowest BCUT2D eigenvalue weighted by molar-refractivity contribution is -0.149. The summed E-state index contributed by atoms with van der Waals surface area (Å²) in [4.78, 5) is 35.4. The Morgan fingerprint density at radius 3 is 2.24 bits per heavy atom. The van der Waals surface area contributed by atoms with Crippen LogP contribution in [0.3, 0.4) is 0 Å². The van der Waals surface area contributed by atoms with Crippen molar-refractivity contribution < 1.29 is 35.6 Å². The van der Waals surface area contributed by atoms with E-state index in [9.17, 15) is 35.6 Å². The number of aryl methyl sites for hydroxylation is 1. The molecule has 9 nitrogen and oxygen atoms in total. The molecule has 3 aliphatic rings. The molecule has 4 heterocycles. The Balaban J connectivity index is 1.03. The van der Waals surface area contributed by atoms with Crippen molar-refractivity contribution >= 4 is 32.9 Å². The number of benzene rings is 3. The largest absolute Gasteiger partial charge is 0.416 e. The topological polar surface area (TPSA) is 105 Å². The Kier molecular flexibility index (Phi) is 9.91. The standard InChI is InChI=1S/C40H45F4N5O4S/c1-26-45-34-12-4-5-13-35(34)49(26)32-24-30-14-15-31(25-32)48(30)21-18-39(27-8-6-10-29(41)22-27)16-19-47(20-17-39)37(51)38(2,3)36(50)46-54(52,53)33-11-7-9-28(23-33)40(42,43)44/h4-13,22-23,30-32H,14-21,24-25H2,1-3H3,(H,46,50)/t30-,31+,32+. The van der Waals surface area contributed by atoms with Crippen LogP contribution in [0, 0.1) is 18.2 Å². The molecule has 0 aliphatic carbocycles. The number of fused-ring (bicyclic) bond motifs is 3. The number of alkyl halides is 3. The number of imidazole rings is 1. The summed E-state index contributed by atoms with van der Waals surface area (Å²) < 4.78 is 84.6. The molecule has 0 unspecified atom stereocenters. The fourth-order valence-corrected chi connectivity index (χ4v) is 10.2. The Morgan fingerprint density at radius 2 is 1.57 bits per heavy atom. The van der Waals surface area contributed by atoms with Gasteiger partial charge in [-0.15, -0.1) is 0 Å². The molecule has 288 valence electrons. The fourth-order valence-electron chi connectivity index (χ4n) is 9.07. The highest BCUT2D eigenvalue weighted by Gasteiger charge is 2.47. The van der Waals surface area contributed by atoms with E-state index >= 15 is 0 Å². The van der Waals surface area contributed by atoms with Crippen molar-refractivity contribution in [2.24, 2.45) is 5.41 Å². The summed E-state index contributed by atoms with van der Waals surface area (Å²) in [6.07, 6.45) is 1.25. The number of halogens is 4. The molecule has 1 aromatic heterocycles. The van der Waals surface area contributed by atoms with Gasteiger partial charge < -0.3 is 9.47 Å². The maximum Gasteiger partial charge on any atom is 0.416 e. The Hall–Kier alpha value is -4.30. The van der Waals surface area contributed by atoms with E-state index in [4.69, 9.17) is 4.98 Å². The third kappa shape index (κ3) is 7.14. The Morgan fingerprint density at radius 1 is 0.907 bits per heavy atom. The maximum atomic E-state index is 14.7. The van der Waals surface area contributed by atoms with Crippen molar-refractivity contribution in [3.05, 3.63) is 95.6 Å². The molecule has 3 saturated heterocycles. The number of likely N-dealkylation sites (tertiary alicyclic amines) is 1. The first-order valence-corrected chi connectivity index (χ1v) is 20.0. The molecule has 7 rings (SSSR count). The second-order valence-electron chi connectivity index (χ2n) is 15.7. The second-order valence-corrected chi connectivity index (χ2v) is 17.4. The number of hydrogen-bond donors (Lipinski definition) is 1. The number of para-hydroxylation sites is 2. The van der Waals surface area contributed by atoms with E-state index in [1.165, 1.54) is 24.8 Å². The van der Waals surface area contributed by atoms with Crippen LogP contribution in [0.2, 0.25) is 0 Å². The molecule has 3 aliphatic heterocycles. The summed E-state index contributed by atoms with van der Waals surface area (Å²) in [6, 6.07) is 19.1. The minimum absolute atomic E-state index is 0.258. The van der Waals surface area contributed by atoms with Gasteiger partial charge in [-0.05, 0) is 126 Å².